The van der Waals surface area contributed by atoms with Gasteiger partial charge in [-0.1, -0.05) is 29.8 Å². The minimum absolute atomic E-state index is 0.0499. The lowest BCUT2D eigenvalue weighted by Crippen LogP contribution is -2.32. The molecular formula is C16H15BrClNO2S. The van der Waals surface area contributed by atoms with Crippen molar-refractivity contribution < 1.29 is 9.21 Å². The van der Waals surface area contributed by atoms with Crippen molar-refractivity contribution in [1.82, 2.24) is 4.90 Å². The van der Waals surface area contributed by atoms with Gasteiger partial charge in [-0.05, 0) is 46.1 Å². The summed E-state index contributed by atoms with van der Waals surface area (Å²) in [7, 11) is 0. The number of benzene rings is 1. The van der Waals surface area contributed by atoms with E-state index in [1.807, 2.05) is 34.9 Å². The molecule has 1 atom stereocenters. The molecule has 1 saturated heterocycles. The van der Waals surface area contributed by atoms with Crippen LogP contribution in [0.1, 0.15) is 27.8 Å². The summed E-state index contributed by atoms with van der Waals surface area (Å²) in [4.78, 5) is 14.3. The zero-order chi connectivity index (χ0) is 15.5. The average molecular weight is 401 g/mol. The smallest absolute Gasteiger partial charge is 0.289 e. The fourth-order valence-corrected chi connectivity index (χ4v) is 4.45. The molecule has 1 aromatic heterocycles. The van der Waals surface area contributed by atoms with Crippen molar-refractivity contribution in [2.75, 3.05) is 18.8 Å². The molecule has 1 fully saturated rings. The lowest BCUT2D eigenvalue weighted by Gasteiger charge is -2.19. The van der Waals surface area contributed by atoms with E-state index in [2.05, 4.69) is 22.0 Å². The van der Waals surface area contributed by atoms with E-state index < -0.39 is 0 Å². The van der Waals surface area contributed by atoms with Gasteiger partial charge in [-0.25, -0.2) is 0 Å². The topological polar surface area (TPSA) is 33.5 Å². The quantitative estimate of drug-likeness (QED) is 0.710. The largest absolute Gasteiger partial charge is 0.444 e. The number of nitrogens with zero attached hydrogens (tertiary/aromatic N) is 1. The van der Waals surface area contributed by atoms with Crippen LogP contribution in [-0.4, -0.2) is 29.6 Å². The highest BCUT2D eigenvalue weighted by Gasteiger charge is 2.25. The maximum absolute atomic E-state index is 12.5. The minimum atomic E-state index is -0.0499. The van der Waals surface area contributed by atoms with Crippen molar-refractivity contribution in [1.29, 1.82) is 0 Å². The van der Waals surface area contributed by atoms with Crippen LogP contribution in [-0.2, 0) is 0 Å². The van der Waals surface area contributed by atoms with Gasteiger partial charge in [-0.3, -0.25) is 4.79 Å². The lowest BCUT2D eigenvalue weighted by molar-refractivity contribution is 0.0733. The van der Waals surface area contributed by atoms with Crippen molar-refractivity contribution >= 4 is 45.2 Å². The molecule has 1 unspecified atom stereocenters. The average Bonchev–Trinajstić information content (AvgIpc) is 2.81. The Morgan fingerprint density at radius 2 is 2.09 bits per heavy atom. The van der Waals surface area contributed by atoms with Crippen LogP contribution < -0.4 is 0 Å². The number of hydrogen-bond acceptors (Lipinski definition) is 3. The second kappa shape index (κ2) is 7.11. The predicted octanol–water partition coefficient (Wildman–Crippen LogP) is 5.02. The van der Waals surface area contributed by atoms with Gasteiger partial charge in [0.25, 0.3) is 5.91 Å². The van der Waals surface area contributed by atoms with Crippen LogP contribution in [0.25, 0.3) is 0 Å². The lowest BCUT2D eigenvalue weighted by atomic mass is 10.1. The number of halogens is 2. The second-order valence-corrected chi connectivity index (χ2v) is 7.56. The first-order chi connectivity index (χ1) is 10.6. The van der Waals surface area contributed by atoms with Crippen LogP contribution in [0.3, 0.4) is 0 Å². The van der Waals surface area contributed by atoms with Gasteiger partial charge in [-0.2, -0.15) is 11.8 Å². The van der Waals surface area contributed by atoms with E-state index >= 15 is 0 Å². The fraction of sp³-hybridized carbons (Fsp3) is 0.312. The number of amides is 1. The standard InChI is InChI=1S/C16H15BrClNO2S/c17-15-6-5-13(21-15)16(20)19-8-7-14(22-10-9-19)11-3-1-2-4-12(11)18/h1-6,14H,7-10H2. The molecule has 116 valence electrons. The Bertz CT molecular complexity index is 676. The Hall–Kier alpha value is -0.910. The summed E-state index contributed by atoms with van der Waals surface area (Å²) in [5.74, 6) is 1.22. The highest BCUT2D eigenvalue weighted by atomic mass is 79.9. The van der Waals surface area contributed by atoms with E-state index in [4.69, 9.17) is 16.0 Å². The zero-order valence-electron chi connectivity index (χ0n) is 11.8. The van der Waals surface area contributed by atoms with Gasteiger partial charge >= 0.3 is 0 Å². The third-order valence-electron chi connectivity index (χ3n) is 3.66. The van der Waals surface area contributed by atoms with Gasteiger partial charge in [-0.15, -0.1) is 0 Å². The minimum Gasteiger partial charge on any atom is -0.444 e. The van der Waals surface area contributed by atoms with E-state index in [1.165, 1.54) is 0 Å². The van der Waals surface area contributed by atoms with E-state index in [1.54, 1.807) is 12.1 Å². The van der Waals surface area contributed by atoms with Gasteiger partial charge in [0.1, 0.15) is 0 Å². The number of furan rings is 1. The summed E-state index contributed by atoms with van der Waals surface area (Å²) >= 11 is 11.4. The van der Waals surface area contributed by atoms with Crippen LogP contribution in [0, 0.1) is 0 Å². The van der Waals surface area contributed by atoms with Crippen molar-refractivity contribution in [2.24, 2.45) is 0 Å². The summed E-state index contributed by atoms with van der Waals surface area (Å²) < 4.78 is 5.95. The third-order valence-corrected chi connectivity index (χ3v) is 5.75. The second-order valence-electron chi connectivity index (χ2n) is 5.07. The SMILES string of the molecule is O=C(c1ccc(Br)o1)N1CCSC(c2ccccc2Cl)CC1. The van der Waals surface area contributed by atoms with Gasteiger partial charge in [0.15, 0.2) is 10.4 Å². The molecule has 2 heterocycles. The Balaban J connectivity index is 1.70. The number of thioether (sulfide) groups is 1. The molecule has 0 aliphatic carbocycles. The number of rotatable bonds is 2. The normalized spacial score (nSPS) is 19.0. The predicted molar refractivity (Wildman–Crippen MR) is 93.6 cm³/mol. The van der Waals surface area contributed by atoms with Crippen molar-refractivity contribution in [2.45, 2.75) is 11.7 Å². The van der Waals surface area contributed by atoms with Crippen LogP contribution in [0.5, 0.6) is 0 Å². The maximum Gasteiger partial charge on any atom is 0.289 e. The van der Waals surface area contributed by atoms with Gasteiger partial charge in [0.05, 0.1) is 0 Å². The number of hydrogen-bond donors (Lipinski definition) is 0. The molecule has 22 heavy (non-hydrogen) atoms. The van der Waals surface area contributed by atoms with Gasteiger partial charge in [0.2, 0.25) is 0 Å². The van der Waals surface area contributed by atoms with Crippen LogP contribution >= 0.6 is 39.3 Å². The molecule has 0 bridgehead atoms. The molecule has 3 nitrogen and oxygen atoms in total. The first-order valence-corrected chi connectivity index (χ1v) is 9.28. The van der Waals surface area contributed by atoms with Gasteiger partial charge < -0.3 is 9.32 Å². The van der Waals surface area contributed by atoms with E-state index in [0.29, 0.717) is 22.2 Å². The highest BCUT2D eigenvalue weighted by molar-refractivity contribution is 9.10. The molecule has 6 heteroatoms. The molecule has 2 aromatic rings. The van der Waals surface area contributed by atoms with Gasteiger partial charge in [0, 0.05) is 29.1 Å². The first kappa shape index (κ1) is 16.0. The summed E-state index contributed by atoms with van der Waals surface area (Å²) in [6.45, 7) is 1.43. The molecule has 1 aromatic carbocycles. The third kappa shape index (κ3) is 3.53. The summed E-state index contributed by atoms with van der Waals surface area (Å²) in [6.07, 6.45) is 0.891. The maximum atomic E-state index is 12.5. The molecule has 0 spiro atoms. The van der Waals surface area contributed by atoms with Crippen LogP contribution in [0.15, 0.2) is 45.5 Å². The Morgan fingerprint density at radius 3 is 2.82 bits per heavy atom. The number of carbonyl (C=O) groups excluding carboxylic acids is 1. The number of carbonyl (C=O) groups is 1. The summed E-state index contributed by atoms with van der Waals surface area (Å²) in [5, 5.41) is 1.13. The highest BCUT2D eigenvalue weighted by Crippen LogP contribution is 2.38. The van der Waals surface area contributed by atoms with E-state index in [0.717, 1.165) is 29.3 Å². The summed E-state index contributed by atoms with van der Waals surface area (Å²) in [6, 6.07) is 11.4. The van der Waals surface area contributed by atoms with Crippen molar-refractivity contribution in [3.8, 4) is 0 Å². The molecule has 0 radical (unpaired) electrons. The molecule has 1 aliphatic heterocycles. The van der Waals surface area contributed by atoms with E-state index in [9.17, 15) is 4.79 Å². The zero-order valence-corrected chi connectivity index (χ0v) is 15.0. The Labute approximate surface area is 147 Å². The fourth-order valence-electron chi connectivity index (χ4n) is 2.54. The monoisotopic (exact) mass is 399 g/mol. The van der Waals surface area contributed by atoms with E-state index in [-0.39, 0.29) is 5.91 Å². The summed E-state index contributed by atoms with van der Waals surface area (Å²) in [5.41, 5.74) is 1.16. The molecule has 1 aliphatic rings. The first-order valence-electron chi connectivity index (χ1n) is 7.06. The molecule has 1 amide bonds. The van der Waals surface area contributed by atoms with Crippen molar-refractivity contribution in [3.63, 3.8) is 0 Å². The Morgan fingerprint density at radius 1 is 1.27 bits per heavy atom. The molecule has 3 rings (SSSR count). The Kier molecular flexibility index (Phi) is 5.16. The molecular weight excluding hydrogens is 386 g/mol. The van der Waals surface area contributed by atoms with Crippen LogP contribution in [0.2, 0.25) is 5.02 Å². The van der Waals surface area contributed by atoms with Crippen LogP contribution in [0.4, 0.5) is 0 Å². The van der Waals surface area contributed by atoms with Crippen molar-refractivity contribution in [3.05, 3.63) is 57.4 Å². The molecule has 0 saturated carbocycles. The molecule has 0 N–H and O–H groups in total.